The van der Waals surface area contributed by atoms with Gasteiger partial charge in [0.1, 0.15) is 11.4 Å². The molecule has 0 saturated heterocycles. The van der Waals surface area contributed by atoms with Gasteiger partial charge in [0.15, 0.2) is 0 Å². The summed E-state index contributed by atoms with van der Waals surface area (Å²) in [4.78, 5) is 25.5. The number of pyridine rings is 1. The topological polar surface area (TPSA) is 85.2 Å². The van der Waals surface area contributed by atoms with Gasteiger partial charge in [0, 0.05) is 22.3 Å². The number of aromatic nitrogens is 1. The number of sulfone groups is 1. The third-order valence-corrected chi connectivity index (χ3v) is 6.97. The smallest absolute Gasteiger partial charge is 0.244 e. The number of benzene rings is 3. The lowest BCUT2D eigenvalue weighted by atomic mass is 10.1. The lowest BCUT2D eigenvalue weighted by molar-refractivity contribution is -0.116. The van der Waals surface area contributed by atoms with Crippen LogP contribution in [0.25, 0.3) is 10.9 Å². The molecule has 0 aliphatic rings. The number of amides is 1. The summed E-state index contributed by atoms with van der Waals surface area (Å²) < 4.78 is 27.9. The summed E-state index contributed by atoms with van der Waals surface area (Å²) in [6.07, 6.45) is 1.24. The Hall–Kier alpha value is -3.42. The molecule has 0 spiro atoms. The van der Waals surface area contributed by atoms with Gasteiger partial charge in [0.2, 0.25) is 21.2 Å². The molecule has 0 aliphatic carbocycles. The van der Waals surface area contributed by atoms with E-state index in [0.717, 1.165) is 5.56 Å². The molecule has 0 bridgehead atoms. The van der Waals surface area contributed by atoms with Crippen LogP contribution in [0.15, 0.2) is 93.6 Å². The highest BCUT2D eigenvalue weighted by Gasteiger charge is 2.24. The van der Waals surface area contributed by atoms with Crippen molar-refractivity contribution >= 4 is 43.9 Å². The molecule has 1 N–H and O–H groups in total. The molecule has 32 heavy (non-hydrogen) atoms. The molecule has 0 radical (unpaired) electrons. The second kappa shape index (κ2) is 8.61. The molecular weight excluding hydrogens is 448 g/mol. The maximum Gasteiger partial charge on any atom is 0.244 e. The molecule has 0 fully saturated rings. The molecule has 3 aromatic carbocycles. The predicted octanol–water partition coefficient (Wildman–Crippen LogP) is 4.43. The monoisotopic (exact) mass is 466 g/mol. The molecule has 1 amide bonds. The average Bonchev–Trinajstić information content (AvgIpc) is 2.76. The van der Waals surface area contributed by atoms with Crippen molar-refractivity contribution in [2.24, 2.45) is 0 Å². The number of halogens is 1. The summed E-state index contributed by atoms with van der Waals surface area (Å²) in [5, 5.41) is 3.45. The lowest BCUT2D eigenvalue weighted by Gasteiger charge is -2.14. The first-order valence-corrected chi connectivity index (χ1v) is 11.6. The van der Waals surface area contributed by atoms with Crippen LogP contribution in [0.3, 0.4) is 0 Å². The molecule has 162 valence electrons. The predicted molar refractivity (Wildman–Crippen MR) is 125 cm³/mol. The molecule has 0 saturated carbocycles. The molecule has 6 nitrogen and oxygen atoms in total. The van der Waals surface area contributed by atoms with Crippen LogP contribution in [0.1, 0.15) is 5.56 Å². The van der Waals surface area contributed by atoms with Crippen LogP contribution in [-0.4, -0.2) is 18.9 Å². The van der Waals surface area contributed by atoms with Gasteiger partial charge in [-0.3, -0.25) is 9.59 Å². The maximum absolute atomic E-state index is 13.2. The van der Waals surface area contributed by atoms with Crippen molar-refractivity contribution in [3.05, 3.63) is 99.8 Å². The Morgan fingerprint density at radius 2 is 1.75 bits per heavy atom. The zero-order chi connectivity index (χ0) is 22.9. The number of hydrogen-bond donors (Lipinski definition) is 1. The third-order valence-electron chi connectivity index (χ3n) is 4.97. The van der Waals surface area contributed by atoms with Crippen LogP contribution in [0.4, 0.5) is 5.69 Å². The SMILES string of the molecule is Cc1ccc2c(c1)c(=O)c(S(=O)(=O)c1ccccc1)cn2CC(=O)Nc1cccc(Cl)c1. The normalized spacial score (nSPS) is 11.4. The van der Waals surface area contributed by atoms with Crippen LogP contribution in [-0.2, 0) is 21.2 Å². The van der Waals surface area contributed by atoms with E-state index in [1.165, 1.54) is 22.9 Å². The van der Waals surface area contributed by atoms with Crippen LogP contribution >= 0.6 is 11.6 Å². The van der Waals surface area contributed by atoms with Gasteiger partial charge in [-0.1, -0.05) is 47.5 Å². The molecule has 1 heterocycles. The summed E-state index contributed by atoms with van der Waals surface area (Å²) in [6.45, 7) is 1.62. The van der Waals surface area contributed by atoms with Gasteiger partial charge in [0.25, 0.3) is 0 Å². The van der Waals surface area contributed by atoms with Crippen molar-refractivity contribution < 1.29 is 13.2 Å². The van der Waals surface area contributed by atoms with Crippen LogP contribution in [0.2, 0.25) is 5.02 Å². The Balaban J connectivity index is 1.83. The number of rotatable bonds is 5. The van der Waals surface area contributed by atoms with Crippen molar-refractivity contribution in [2.45, 2.75) is 23.3 Å². The number of aryl methyl sites for hydroxylation is 1. The number of fused-ring (bicyclic) bond motifs is 1. The Kier molecular flexibility index (Phi) is 5.86. The zero-order valence-corrected chi connectivity index (χ0v) is 18.7. The molecule has 4 aromatic rings. The number of nitrogens with zero attached hydrogens (tertiary/aromatic N) is 1. The van der Waals surface area contributed by atoms with Crippen molar-refractivity contribution in [1.29, 1.82) is 0 Å². The van der Waals surface area contributed by atoms with Gasteiger partial charge in [0.05, 0.1) is 10.4 Å². The van der Waals surface area contributed by atoms with E-state index in [1.54, 1.807) is 60.7 Å². The minimum Gasteiger partial charge on any atom is -0.336 e. The van der Waals surface area contributed by atoms with Crippen molar-refractivity contribution in [3.8, 4) is 0 Å². The molecule has 0 atom stereocenters. The standard InChI is InChI=1S/C24H19ClN2O4S/c1-16-10-11-21-20(12-16)24(29)22(32(30,31)19-8-3-2-4-9-19)14-27(21)15-23(28)26-18-7-5-6-17(25)13-18/h2-14H,15H2,1H3,(H,26,28). The second-order valence-electron chi connectivity index (χ2n) is 7.35. The second-order valence-corrected chi connectivity index (χ2v) is 9.70. The van der Waals surface area contributed by atoms with Gasteiger partial charge < -0.3 is 9.88 Å². The Morgan fingerprint density at radius 3 is 2.47 bits per heavy atom. The van der Waals surface area contributed by atoms with Crippen molar-refractivity contribution in [3.63, 3.8) is 0 Å². The van der Waals surface area contributed by atoms with Gasteiger partial charge in [-0.2, -0.15) is 0 Å². The third kappa shape index (κ3) is 4.30. The Morgan fingerprint density at radius 1 is 1.00 bits per heavy atom. The highest BCUT2D eigenvalue weighted by molar-refractivity contribution is 7.91. The number of anilines is 1. The van der Waals surface area contributed by atoms with Crippen molar-refractivity contribution in [2.75, 3.05) is 5.32 Å². The first-order chi connectivity index (χ1) is 15.3. The van der Waals surface area contributed by atoms with E-state index in [-0.39, 0.29) is 27.6 Å². The molecule has 0 unspecified atom stereocenters. The van der Waals surface area contributed by atoms with Gasteiger partial charge in [-0.25, -0.2) is 8.42 Å². The van der Waals surface area contributed by atoms with E-state index < -0.39 is 15.3 Å². The molecular formula is C24H19ClN2O4S. The van der Waals surface area contributed by atoms with Crippen molar-refractivity contribution in [1.82, 2.24) is 4.57 Å². The fraction of sp³-hybridized carbons (Fsp3) is 0.0833. The van der Waals surface area contributed by atoms with Crippen LogP contribution < -0.4 is 10.7 Å². The van der Waals surface area contributed by atoms with E-state index >= 15 is 0 Å². The first kappa shape index (κ1) is 21.8. The number of hydrogen-bond acceptors (Lipinski definition) is 4. The van der Waals surface area contributed by atoms with Gasteiger partial charge >= 0.3 is 0 Å². The highest BCUT2D eigenvalue weighted by atomic mass is 35.5. The Bertz CT molecular complexity index is 1500. The minimum atomic E-state index is -4.08. The average molecular weight is 467 g/mol. The summed E-state index contributed by atoms with van der Waals surface area (Å²) in [7, 11) is -4.08. The van der Waals surface area contributed by atoms with Crippen LogP contribution in [0, 0.1) is 6.92 Å². The van der Waals surface area contributed by atoms with E-state index in [4.69, 9.17) is 11.6 Å². The van der Waals surface area contributed by atoms with E-state index in [9.17, 15) is 18.0 Å². The lowest BCUT2D eigenvalue weighted by Crippen LogP contribution is -2.24. The van der Waals surface area contributed by atoms with Gasteiger partial charge in [-0.15, -0.1) is 0 Å². The molecule has 1 aromatic heterocycles. The van der Waals surface area contributed by atoms with E-state index in [0.29, 0.717) is 16.2 Å². The van der Waals surface area contributed by atoms with Crippen LogP contribution in [0.5, 0.6) is 0 Å². The fourth-order valence-electron chi connectivity index (χ4n) is 3.45. The molecule has 4 rings (SSSR count). The summed E-state index contributed by atoms with van der Waals surface area (Å²) >= 11 is 5.97. The number of nitrogens with one attached hydrogen (secondary N) is 1. The van der Waals surface area contributed by atoms with E-state index in [1.807, 2.05) is 6.92 Å². The highest BCUT2D eigenvalue weighted by Crippen LogP contribution is 2.22. The maximum atomic E-state index is 13.2. The summed E-state index contributed by atoms with van der Waals surface area (Å²) in [5.41, 5.74) is 1.19. The number of carbonyl (C=O) groups excluding carboxylic acids is 1. The van der Waals surface area contributed by atoms with E-state index in [2.05, 4.69) is 5.32 Å². The minimum absolute atomic E-state index is 0.0130. The molecule has 0 aliphatic heterocycles. The first-order valence-electron chi connectivity index (χ1n) is 9.75. The zero-order valence-electron chi connectivity index (χ0n) is 17.1. The van der Waals surface area contributed by atoms with Gasteiger partial charge in [-0.05, 0) is 49.4 Å². The quantitative estimate of drug-likeness (QED) is 0.471. The number of carbonyl (C=O) groups is 1. The molecule has 8 heteroatoms. The largest absolute Gasteiger partial charge is 0.336 e. The summed E-state index contributed by atoms with van der Waals surface area (Å²) in [5.74, 6) is -0.388. The Labute approximate surface area is 190 Å². The summed E-state index contributed by atoms with van der Waals surface area (Å²) in [6, 6.07) is 19.6. The fourth-order valence-corrected chi connectivity index (χ4v) is 5.03.